The highest BCUT2D eigenvalue weighted by atomic mass is 32.2. The molecule has 1 atom stereocenters. The molecule has 11 heteroatoms. The van der Waals surface area contributed by atoms with Crippen LogP contribution >= 0.6 is 0 Å². The maximum Gasteiger partial charge on any atom is 0.418 e. The molecule has 1 aliphatic heterocycles. The molecule has 3 aromatic carbocycles. The number of esters is 1. The summed E-state index contributed by atoms with van der Waals surface area (Å²) >= 11 is 0. The Balaban J connectivity index is 1.47. The SMILES string of the molecule is C[C@H]1Cc2ccccc2N1S(=O)(=O)c1cccc(C(=O)OCC(=O)Nc2ccccc2C(F)(F)F)c1. The van der Waals surface area contributed by atoms with Crippen molar-refractivity contribution in [2.45, 2.75) is 30.5 Å². The Labute approximate surface area is 205 Å². The topological polar surface area (TPSA) is 92.8 Å². The van der Waals surface area contributed by atoms with Gasteiger partial charge in [-0.15, -0.1) is 0 Å². The van der Waals surface area contributed by atoms with Gasteiger partial charge in [0.05, 0.1) is 27.4 Å². The van der Waals surface area contributed by atoms with Crippen LogP contribution in [0.4, 0.5) is 24.5 Å². The van der Waals surface area contributed by atoms with Crippen LogP contribution in [0.5, 0.6) is 0 Å². The summed E-state index contributed by atoms with van der Waals surface area (Å²) in [6, 6.07) is 16.4. The van der Waals surface area contributed by atoms with Crippen LogP contribution < -0.4 is 9.62 Å². The van der Waals surface area contributed by atoms with Gasteiger partial charge in [0.2, 0.25) is 0 Å². The number of anilines is 2. The van der Waals surface area contributed by atoms with Crippen molar-refractivity contribution in [1.82, 2.24) is 0 Å². The van der Waals surface area contributed by atoms with E-state index in [9.17, 15) is 31.2 Å². The van der Waals surface area contributed by atoms with Gasteiger partial charge in [0.25, 0.3) is 15.9 Å². The zero-order valence-corrected chi connectivity index (χ0v) is 19.8. The number of nitrogens with zero attached hydrogens (tertiary/aromatic N) is 1. The minimum absolute atomic E-state index is 0.125. The number of ether oxygens (including phenoxy) is 1. The number of alkyl halides is 3. The van der Waals surface area contributed by atoms with Crippen molar-refractivity contribution < 1.29 is 35.9 Å². The summed E-state index contributed by atoms with van der Waals surface area (Å²) < 4.78 is 72.3. The van der Waals surface area contributed by atoms with E-state index in [1.165, 1.54) is 34.6 Å². The van der Waals surface area contributed by atoms with E-state index >= 15 is 0 Å². The summed E-state index contributed by atoms with van der Waals surface area (Å²) in [7, 11) is -4.01. The summed E-state index contributed by atoms with van der Waals surface area (Å²) in [5, 5.41) is 2.07. The average molecular weight is 519 g/mol. The van der Waals surface area contributed by atoms with Gasteiger partial charge in [0.1, 0.15) is 0 Å². The van der Waals surface area contributed by atoms with Gasteiger partial charge in [-0.2, -0.15) is 13.2 Å². The lowest BCUT2D eigenvalue weighted by molar-refractivity contribution is -0.137. The molecule has 1 aliphatic rings. The van der Waals surface area contributed by atoms with Crippen LogP contribution in [-0.4, -0.2) is 32.9 Å². The zero-order valence-electron chi connectivity index (χ0n) is 19.0. The number of hydrogen-bond acceptors (Lipinski definition) is 5. The monoisotopic (exact) mass is 518 g/mol. The third kappa shape index (κ3) is 5.06. The number of amides is 1. The van der Waals surface area contributed by atoms with Crippen molar-refractivity contribution in [1.29, 1.82) is 0 Å². The molecule has 0 aliphatic carbocycles. The molecular weight excluding hydrogens is 497 g/mol. The first-order valence-corrected chi connectivity index (χ1v) is 12.3. The Hall–Kier alpha value is -3.86. The molecule has 0 aromatic heterocycles. The molecule has 0 saturated heterocycles. The fourth-order valence-corrected chi connectivity index (χ4v) is 5.78. The van der Waals surface area contributed by atoms with E-state index in [4.69, 9.17) is 4.74 Å². The molecule has 7 nitrogen and oxygen atoms in total. The largest absolute Gasteiger partial charge is 0.452 e. The maximum atomic E-state index is 13.4. The van der Waals surface area contributed by atoms with Crippen molar-refractivity contribution in [3.8, 4) is 0 Å². The standard InChI is InChI=1S/C25H21F3N2O5S/c1-16-13-17-7-2-5-12-22(17)30(16)36(33,34)19-9-6-8-18(14-19)24(32)35-15-23(31)29-21-11-4-3-10-20(21)25(26,27)28/h2-12,14,16H,13,15H2,1H3,(H,29,31)/t16-/m0/s1. The summed E-state index contributed by atoms with van der Waals surface area (Å²) in [6.45, 7) is 0.920. The van der Waals surface area contributed by atoms with Crippen molar-refractivity contribution in [2.24, 2.45) is 0 Å². The lowest BCUT2D eigenvalue weighted by Gasteiger charge is -2.24. The van der Waals surface area contributed by atoms with E-state index in [2.05, 4.69) is 5.32 Å². The fourth-order valence-electron chi connectivity index (χ4n) is 4.04. The van der Waals surface area contributed by atoms with Gasteiger partial charge in [-0.1, -0.05) is 36.4 Å². The summed E-state index contributed by atoms with van der Waals surface area (Å²) in [5.74, 6) is -1.98. The zero-order chi connectivity index (χ0) is 26.1. The highest BCUT2D eigenvalue weighted by Gasteiger charge is 2.36. The number of carbonyl (C=O) groups excluding carboxylic acids is 2. The van der Waals surface area contributed by atoms with Crippen molar-refractivity contribution in [2.75, 3.05) is 16.2 Å². The first kappa shape index (κ1) is 25.2. The number of nitrogens with one attached hydrogen (secondary N) is 1. The second kappa shape index (κ2) is 9.65. The number of carbonyl (C=O) groups is 2. The highest BCUT2D eigenvalue weighted by Crippen LogP contribution is 2.37. The second-order valence-electron chi connectivity index (χ2n) is 8.18. The lowest BCUT2D eigenvalue weighted by Crippen LogP contribution is -2.35. The lowest BCUT2D eigenvalue weighted by atomic mass is 10.1. The molecular formula is C25H21F3N2O5S. The van der Waals surface area contributed by atoms with E-state index in [1.807, 2.05) is 12.1 Å². The van der Waals surface area contributed by atoms with Gasteiger partial charge in [0.15, 0.2) is 6.61 Å². The van der Waals surface area contributed by atoms with Crippen LogP contribution in [-0.2, 0) is 32.2 Å². The number of benzene rings is 3. The van der Waals surface area contributed by atoms with E-state index in [0.717, 1.165) is 23.8 Å². The van der Waals surface area contributed by atoms with Crippen LogP contribution in [0.15, 0.2) is 77.7 Å². The minimum Gasteiger partial charge on any atom is -0.452 e. The number of hydrogen-bond donors (Lipinski definition) is 1. The molecule has 0 unspecified atom stereocenters. The number of halogens is 3. The normalized spacial score (nSPS) is 15.3. The van der Waals surface area contributed by atoms with Crippen LogP contribution in [0.25, 0.3) is 0 Å². The predicted molar refractivity (Wildman–Crippen MR) is 126 cm³/mol. The van der Waals surface area contributed by atoms with Gasteiger partial charge < -0.3 is 10.1 Å². The van der Waals surface area contributed by atoms with Crippen LogP contribution in [0.1, 0.15) is 28.4 Å². The number of sulfonamides is 1. The molecule has 0 fully saturated rings. The molecule has 1 N–H and O–H groups in total. The Kier molecular flexibility index (Phi) is 6.77. The Morgan fingerprint density at radius 1 is 1.03 bits per heavy atom. The molecule has 0 spiro atoms. The molecule has 1 amide bonds. The van der Waals surface area contributed by atoms with E-state index in [-0.39, 0.29) is 16.5 Å². The van der Waals surface area contributed by atoms with E-state index < -0.39 is 45.9 Å². The minimum atomic E-state index is -4.68. The highest BCUT2D eigenvalue weighted by molar-refractivity contribution is 7.92. The number of fused-ring (bicyclic) bond motifs is 1. The molecule has 188 valence electrons. The van der Waals surface area contributed by atoms with Gasteiger partial charge >= 0.3 is 12.1 Å². The molecule has 36 heavy (non-hydrogen) atoms. The number of para-hydroxylation sites is 2. The van der Waals surface area contributed by atoms with Crippen molar-refractivity contribution >= 4 is 33.3 Å². The van der Waals surface area contributed by atoms with Crippen molar-refractivity contribution in [3.05, 3.63) is 89.5 Å². The Bertz CT molecular complexity index is 1420. The molecule has 0 saturated carbocycles. The number of rotatable bonds is 6. The molecule has 4 rings (SSSR count). The van der Waals surface area contributed by atoms with Gasteiger partial charge in [-0.3, -0.25) is 9.10 Å². The first-order valence-electron chi connectivity index (χ1n) is 10.8. The molecule has 0 radical (unpaired) electrons. The average Bonchev–Trinajstić information content (AvgIpc) is 3.18. The van der Waals surface area contributed by atoms with Crippen molar-refractivity contribution in [3.63, 3.8) is 0 Å². The predicted octanol–water partition coefficient (Wildman–Crippen LogP) is 4.64. The molecule has 3 aromatic rings. The summed E-state index contributed by atoms with van der Waals surface area (Å²) in [6.07, 6.45) is -4.14. The van der Waals surface area contributed by atoms with Gasteiger partial charge in [-0.25, -0.2) is 13.2 Å². The molecule has 0 bridgehead atoms. The third-order valence-electron chi connectivity index (χ3n) is 5.61. The Morgan fingerprint density at radius 3 is 2.47 bits per heavy atom. The quantitative estimate of drug-likeness (QED) is 0.480. The van der Waals surface area contributed by atoms with E-state index in [0.29, 0.717) is 12.1 Å². The summed E-state index contributed by atoms with van der Waals surface area (Å²) in [5.41, 5.74) is -0.185. The maximum absolute atomic E-state index is 13.4. The van der Waals surface area contributed by atoms with Crippen LogP contribution in [0.3, 0.4) is 0 Å². The molecule has 1 heterocycles. The fraction of sp³-hybridized carbons (Fsp3) is 0.200. The summed E-state index contributed by atoms with van der Waals surface area (Å²) in [4.78, 5) is 24.5. The first-order chi connectivity index (χ1) is 17.0. The van der Waals surface area contributed by atoms with Crippen LogP contribution in [0, 0.1) is 0 Å². The van der Waals surface area contributed by atoms with Crippen LogP contribution in [0.2, 0.25) is 0 Å². The van der Waals surface area contributed by atoms with Gasteiger partial charge in [-0.05, 0) is 55.3 Å². The smallest absolute Gasteiger partial charge is 0.418 e. The van der Waals surface area contributed by atoms with E-state index in [1.54, 1.807) is 19.1 Å². The Morgan fingerprint density at radius 2 is 1.72 bits per heavy atom. The van der Waals surface area contributed by atoms with Gasteiger partial charge in [0, 0.05) is 6.04 Å². The second-order valence-corrected chi connectivity index (χ2v) is 9.99. The third-order valence-corrected chi connectivity index (χ3v) is 7.54.